The monoisotopic (exact) mass is 343 g/mol. The van der Waals surface area contributed by atoms with Gasteiger partial charge in [-0.15, -0.1) is 0 Å². The first-order valence-corrected chi connectivity index (χ1v) is 9.25. The summed E-state index contributed by atoms with van der Waals surface area (Å²) in [7, 11) is -0.0534. The van der Waals surface area contributed by atoms with Crippen molar-refractivity contribution in [2.75, 3.05) is 20.4 Å². The summed E-state index contributed by atoms with van der Waals surface area (Å²) in [5, 5.41) is 0. The highest BCUT2D eigenvalue weighted by Crippen LogP contribution is 2.23. The highest BCUT2D eigenvalue weighted by Gasteiger charge is 2.20. The normalized spacial score (nSPS) is 11.9. The number of carbonyl (C=O) groups is 1. The van der Waals surface area contributed by atoms with Crippen molar-refractivity contribution >= 4 is 15.9 Å². The third-order valence-electron chi connectivity index (χ3n) is 2.89. The van der Waals surface area contributed by atoms with E-state index in [1.54, 1.807) is 46.0 Å². The molecular weight excluding hydrogens is 318 g/mol. The summed E-state index contributed by atoms with van der Waals surface area (Å²) in [5.74, 6) is 0.402. The van der Waals surface area contributed by atoms with Crippen LogP contribution in [-0.4, -0.2) is 45.4 Å². The summed E-state index contributed by atoms with van der Waals surface area (Å²) in [4.78, 5) is 13.4. The first kappa shape index (κ1) is 19.3. The number of benzene rings is 1. The number of amides is 1. The van der Waals surface area contributed by atoms with Gasteiger partial charge in [0.25, 0.3) is 0 Å². The van der Waals surface area contributed by atoms with Gasteiger partial charge < -0.3 is 14.4 Å². The number of carbonyl (C=O) groups excluding carboxylic acids is 1. The molecule has 0 bridgehead atoms. The fourth-order valence-electron chi connectivity index (χ4n) is 2.00. The standard InChI is InChI=1S/C16H25NO5S/c1-16(2,3)22-15(18)17(4)10-12-7-8-14(21-5)13(9-12)11-23(6,19)20/h7-9H,10-11H2,1-6H3. The molecule has 0 aromatic heterocycles. The Morgan fingerprint density at radius 1 is 1.26 bits per heavy atom. The highest BCUT2D eigenvalue weighted by atomic mass is 32.2. The molecule has 1 aromatic carbocycles. The number of rotatable bonds is 5. The lowest BCUT2D eigenvalue weighted by molar-refractivity contribution is 0.0285. The zero-order valence-electron chi connectivity index (χ0n) is 14.5. The van der Waals surface area contributed by atoms with E-state index in [1.165, 1.54) is 18.3 Å². The molecule has 0 aliphatic carbocycles. The minimum Gasteiger partial charge on any atom is -0.496 e. The zero-order chi connectivity index (χ0) is 17.8. The summed E-state index contributed by atoms with van der Waals surface area (Å²) >= 11 is 0. The number of sulfone groups is 1. The van der Waals surface area contributed by atoms with Gasteiger partial charge in [0.1, 0.15) is 11.4 Å². The molecule has 0 atom stereocenters. The Bertz CT molecular complexity index is 662. The van der Waals surface area contributed by atoms with E-state index >= 15 is 0 Å². The Kier molecular flexibility index (Phi) is 6.04. The molecule has 0 radical (unpaired) electrons. The lowest BCUT2D eigenvalue weighted by atomic mass is 10.1. The molecule has 0 saturated carbocycles. The van der Waals surface area contributed by atoms with E-state index in [-0.39, 0.29) is 5.75 Å². The predicted molar refractivity (Wildman–Crippen MR) is 89.2 cm³/mol. The van der Waals surface area contributed by atoms with Crippen LogP contribution < -0.4 is 4.74 Å². The van der Waals surface area contributed by atoms with Gasteiger partial charge in [0.05, 0.1) is 12.9 Å². The molecule has 0 fully saturated rings. The van der Waals surface area contributed by atoms with E-state index in [4.69, 9.17) is 9.47 Å². The predicted octanol–water partition coefficient (Wildman–Crippen LogP) is 2.61. The first-order chi connectivity index (χ1) is 10.4. The lowest BCUT2D eigenvalue weighted by Gasteiger charge is -2.25. The molecule has 7 heteroatoms. The van der Waals surface area contributed by atoms with Crippen molar-refractivity contribution in [3.05, 3.63) is 29.3 Å². The van der Waals surface area contributed by atoms with E-state index in [1.807, 2.05) is 0 Å². The molecule has 130 valence electrons. The molecule has 1 rings (SSSR count). The molecule has 1 aromatic rings. The van der Waals surface area contributed by atoms with Crippen molar-refractivity contribution in [2.45, 2.75) is 38.7 Å². The van der Waals surface area contributed by atoms with E-state index in [0.29, 0.717) is 17.9 Å². The minimum atomic E-state index is -3.18. The quantitative estimate of drug-likeness (QED) is 0.822. The third-order valence-corrected chi connectivity index (χ3v) is 3.72. The van der Waals surface area contributed by atoms with Gasteiger partial charge in [-0.2, -0.15) is 0 Å². The van der Waals surface area contributed by atoms with Gasteiger partial charge in [0.15, 0.2) is 9.84 Å². The van der Waals surface area contributed by atoms with E-state index < -0.39 is 21.5 Å². The molecule has 0 unspecified atom stereocenters. The van der Waals surface area contributed by atoms with Gasteiger partial charge in [0, 0.05) is 25.4 Å². The van der Waals surface area contributed by atoms with Crippen molar-refractivity contribution in [1.29, 1.82) is 0 Å². The third kappa shape index (κ3) is 6.90. The molecule has 0 N–H and O–H groups in total. The van der Waals surface area contributed by atoms with Gasteiger partial charge in [-0.25, -0.2) is 13.2 Å². The number of hydrogen-bond acceptors (Lipinski definition) is 5. The molecule has 6 nitrogen and oxygen atoms in total. The van der Waals surface area contributed by atoms with Crippen LogP contribution in [0.5, 0.6) is 5.75 Å². The summed E-state index contributed by atoms with van der Waals surface area (Å²) in [6.07, 6.45) is 0.740. The maximum atomic E-state index is 12.0. The highest BCUT2D eigenvalue weighted by molar-refractivity contribution is 7.89. The Labute approximate surface area is 138 Å². The number of hydrogen-bond donors (Lipinski definition) is 0. The molecule has 23 heavy (non-hydrogen) atoms. The van der Waals surface area contributed by atoms with Crippen LogP contribution in [0.3, 0.4) is 0 Å². The topological polar surface area (TPSA) is 72.9 Å². The van der Waals surface area contributed by atoms with Gasteiger partial charge in [0.2, 0.25) is 0 Å². The van der Waals surface area contributed by atoms with Crippen LogP contribution in [0.4, 0.5) is 4.79 Å². The van der Waals surface area contributed by atoms with E-state index in [0.717, 1.165) is 5.56 Å². The number of nitrogens with zero attached hydrogens (tertiary/aromatic N) is 1. The average Bonchev–Trinajstić information content (AvgIpc) is 2.35. The van der Waals surface area contributed by atoms with Crippen LogP contribution in [0.2, 0.25) is 0 Å². The molecular formula is C16H25NO5S. The summed E-state index contributed by atoms with van der Waals surface area (Å²) < 4.78 is 33.5. The van der Waals surface area contributed by atoms with E-state index in [9.17, 15) is 13.2 Å². The second-order valence-electron chi connectivity index (χ2n) is 6.55. The molecule has 0 heterocycles. The van der Waals surface area contributed by atoms with Gasteiger partial charge in [-0.1, -0.05) is 6.07 Å². The van der Waals surface area contributed by atoms with Crippen molar-refractivity contribution in [1.82, 2.24) is 4.90 Å². The van der Waals surface area contributed by atoms with Gasteiger partial charge in [-0.05, 0) is 38.5 Å². The minimum absolute atomic E-state index is 0.111. The van der Waals surface area contributed by atoms with Crippen LogP contribution in [0.1, 0.15) is 31.9 Å². The Morgan fingerprint density at radius 3 is 2.35 bits per heavy atom. The average molecular weight is 343 g/mol. The lowest BCUT2D eigenvalue weighted by Crippen LogP contribution is -2.33. The summed E-state index contributed by atoms with van der Waals surface area (Å²) in [6.45, 7) is 5.72. The number of methoxy groups -OCH3 is 1. The van der Waals surface area contributed by atoms with Crippen molar-refractivity contribution in [3.8, 4) is 5.75 Å². The van der Waals surface area contributed by atoms with Gasteiger partial charge >= 0.3 is 6.09 Å². The van der Waals surface area contributed by atoms with Crippen LogP contribution >= 0.6 is 0 Å². The largest absolute Gasteiger partial charge is 0.496 e. The molecule has 0 spiro atoms. The molecule has 0 aliphatic rings. The van der Waals surface area contributed by atoms with Crippen LogP contribution in [0.25, 0.3) is 0 Å². The summed E-state index contributed by atoms with van der Waals surface area (Å²) in [6, 6.07) is 5.24. The van der Waals surface area contributed by atoms with Crippen molar-refractivity contribution in [3.63, 3.8) is 0 Å². The number of ether oxygens (including phenoxy) is 2. The van der Waals surface area contributed by atoms with Crippen LogP contribution in [0, 0.1) is 0 Å². The van der Waals surface area contributed by atoms with Gasteiger partial charge in [-0.3, -0.25) is 0 Å². The van der Waals surface area contributed by atoms with Crippen LogP contribution in [-0.2, 0) is 26.9 Å². The maximum Gasteiger partial charge on any atom is 0.410 e. The summed E-state index contributed by atoms with van der Waals surface area (Å²) in [5.41, 5.74) is 0.815. The molecule has 0 aliphatic heterocycles. The van der Waals surface area contributed by atoms with E-state index in [2.05, 4.69) is 0 Å². The Hall–Kier alpha value is -1.76. The second kappa shape index (κ2) is 7.21. The fraction of sp³-hybridized carbons (Fsp3) is 0.562. The maximum absolute atomic E-state index is 12.0. The van der Waals surface area contributed by atoms with Crippen LogP contribution in [0.15, 0.2) is 18.2 Å². The first-order valence-electron chi connectivity index (χ1n) is 7.19. The second-order valence-corrected chi connectivity index (χ2v) is 8.69. The SMILES string of the molecule is COc1ccc(CN(C)C(=O)OC(C)(C)C)cc1CS(C)(=O)=O. The van der Waals surface area contributed by atoms with Crippen molar-refractivity contribution in [2.24, 2.45) is 0 Å². The zero-order valence-corrected chi connectivity index (χ0v) is 15.4. The van der Waals surface area contributed by atoms with Crippen molar-refractivity contribution < 1.29 is 22.7 Å². The smallest absolute Gasteiger partial charge is 0.410 e. The Balaban J connectivity index is 2.93. The molecule has 0 saturated heterocycles. The Morgan fingerprint density at radius 2 is 1.87 bits per heavy atom. The molecule has 1 amide bonds. The fourth-order valence-corrected chi connectivity index (χ4v) is 2.79.